The van der Waals surface area contributed by atoms with Gasteiger partial charge in [0.15, 0.2) is 0 Å². The molecule has 0 unspecified atom stereocenters. The van der Waals surface area contributed by atoms with Crippen molar-refractivity contribution in [3.8, 4) is 0 Å². The van der Waals surface area contributed by atoms with Crippen molar-refractivity contribution in [2.75, 3.05) is 5.73 Å². The topological polar surface area (TPSA) is 54.7 Å². The summed E-state index contributed by atoms with van der Waals surface area (Å²) in [5.74, 6) is 0. The van der Waals surface area contributed by atoms with Gasteiger partial charge < -0.3 is 10.7 Å². The molecule has 0 saturated heterocycles. The SMILES string of the molecule is Cc1cc2cc(N)cnc2[nH]1. The van der Waals surface area contributed by atoms with Gasteiger partial charge in [-0.25, -0.2) is 4.98 Å². The monoisotopic (exact) mass is 147 g/mol. The van der Waals surface area contributed by atoms with Gasteiger partial charge in [-0.15, -0.1) is 0 Å². The molecule has 2 aromatic heterocycles. The summed E-state index contributed by atoms with van der Waals surface area (Å²) in [6.45, 7) is 2.00. The maximum atomic E-state index is 5.56. The Bertz CT molecular complexity index is 389. The molecular weight excluding hydrogens is 138 g/mol. The fourth-order valence-electron chi connectivity index (χ4n) is 1.17. The highest BCUT2D eigenvalue weighted by Crippen LogP contribution is 2.14. The first-order chi connectivity index (χ1) is 5.25. The van der Waals surface area contributed by atoms with Crippen LogP contribution < -0.4 is 5.73 Å². The molecule has 0 amide bonds. The van der Waals surface area contributed by atoms with E-state index in [1.54, 1.807) is 6.20 Å². The van der Waals surface area contributed by atoms with Crippen LogP contribution in [0.1, 0.15) is 5.69 Å². The molecule has 2 heterocycles. The van der Waals surface area contributed by atoms with E-state index in [4.69, 9.17) is 5.73 Å². The predicted octanol–water partition coefficient (Wildman–Crippen LogP) is 1.45. The number of H-pyrrole nitrogens is 1. The number of anilines is 1. The molecule has 2 rings (SSSR count). The summed E-state index contributed by atoms with van der Waals surface area (Å²) in [5, 5.41) is 1.07. The number of fused-ring (bicyclic) bond motifs is 1. The summed E-state index contributed by atoms with van der Waals surface area (Å²) in [7, 11) is 0. The molecule has 0 aromatic carbocycles. The summed E-state index contributed by atoms with van der Waals surface area (Å²) in [6, 6.07) is 3.94. The normalized spacial score (nSPS) is 10.6. The van der Waals surface area contributed by atoms with Crippen molar-refractivity contribution in [3.05, 3.63) is 24.0 Å². The Hall–Kier alpha value is -1.51. The largest absolute Gasteiger partial charge is 0.397 e. The second-order valence-electron chi connectivity index (χ2n) is 2.66. The van der Waals surface area contributed by atoms with Crippen LogP contribution in [-0.4, -0.2) is 9.97 Å². The van der Waals surface area contributed by atoms with Crippen molar-refractivity contribution in [3.63, 3.8) is 0 Å². The van der Waals surface area contributed by atoms with Gasteiger partial charge >= 0.3 is 0 Å². The van der Waals surface area contributed by atoms with E-state index in [0.717, 1.165) is 16.7 Å². The summed E-state index contributed by atoms with van der Waals surface area (Å²) < 4.78 is 0. The zero-order chi connectivity index (χ0) is 7.84. The maximum absolute atomic E-state index is 5.56. The third kappa shape index (κ3) is 0.941. The Labute approximate surface area is 64.2 Å². The van der Waals surface area contributed by atoms with Gasteiger partial charge in [0.05, 0.1) is 11.9 Å². The summed E-state index contributed by atoms with van der Waals surface area (Å²) in [4.78, 5) is 7.24. The van der Waals surface area contributed by atoms with Crippen LogP contribution in [0.5, 0.6) is 0 Å². The molecular formula is C8H9N3. The minimum atomic E-state index is 0.705. The van der Waals surface area contributed by atoms with E-state index >= 15 is 0 Å². The van der Waals surface area contributed by atoms with Crippen LogP contribution in [0.25, 0.3) is 11.0 Å². The second-order valence-corrected chi connectivity index (χ2v) is 2.66. The number of aromatic nitrogens is 2. The zero-order valence-electron chi connectivity index (χ0n) is 6.26. The number of hydrogen-bond acceptors (Lipinski definition) is 2. The van der Waals surface area contributed by atoms with Gasteiger partial charge in [-0.05, 0) is 19.1 Å². The van der Waals surface area contributed by atoms with E-state index in [2.05, 4.69) is 9.97 Å². The fourth-order valence-corrected chi connectivity index (χ4v) is 1.17. The van der Waals surface area contributed by atoms with E-state index in [0.29, 0.717) is 5.69 Å². The van der Waals surface area contributed by atoms with Crippen molar-refractivity contribution in [1.29, 1.82) is 0 Å². The molecule has 0 bridgehead atoms. The van der Waals surface area contributed by atoms with Crippen LogP contribution in [0.4, 0.5) is 5.69 Å². The number of nitrogens with two attached hydrogens (primary N) is 1. The van der Waals surface area contributed by atoms with E-state index in [9.17, 15) is 0 Å². The Morgan fingerprint density at radius 2 is 2.27 bits per heavy atom. The second kappa shape index (κ2) is 1.99. The molecule has 0 spiro atoms. The Kier molecular flexibility index (Phi) is 1.12. The Balaban J connectivity index is 2.82. The van der Waals surface area contributed by atoms with Gasteiger partial charge in [0, 0.05) is 11.1 Å². The third-order valence-corrected chi connectivity index (χ3v) is 1.63. The minimum Gasteiger partial charge on any atom is -0.397 e. The highest BCUT2D eigenvalue weighted by Gasteiger charge is 1.97. The number of aromatic amines is 1. The van der Waals surface area contributed by atoms with E-state index in [-0.39, 0.29) is 0 Å². The van der Waals surface area contributed by atoms with Crippen LogP contribution in [0.15, 0.2) is 18.3 Å². The van der Waals surface area contributed by atoms with Crippen molar-refractivity contribution >= 4 is 16.7 Å². The van der Waals surface area contributed by atoms with Crippen LogP contribution in [0, 0.1) is 6.92 Å². The smallest absolute Gasteiger partial charge is 0.137 e. The molecule has 0 aliphatic carbocycles. The maximum Gasteiger partial charge on any atom is 0.137 e. The first-order valence-electron chi connectivity index (χ1n) is 3.46. The quantitative estimate of drug-likeness (QED) is 0.592. The van der Waals surface area contributed by atoms with E-state index < -0.39 is 0 Å². The summed E-state index contributed by atoms with van der Waals surface area (Å²) >= 11 is 0. The van der Waals surface area contributed by atoms with Crippen LogP contribution in [0.2, 0.25) is 0 Å². The number of hydrogen-bond donors (Lipinski definition) is 2. The molecule has 3 N–H and O–H groups in total. The standard InChI is InChI=1S/C8H9N3/c1-5-2-6-3-7(9)4-10-8(6)11-5/h2-4H,9H2,1H3,(H,10,11). The molecule has 3 heteroatoms. The lowest BCUT2D eigenvalue weighted by molar-refractivity contribution is 1.25. The average Bonchev–Trinajstić information content (AvgIpc) is 2.27. The first-order valence-corrected chi connectivity index (χ1v) is 3.46. The lowest BCUT2D eigenvalue weighted by Gasteiger charge is -1.89. The number of pyridine rings is 1. The molecule has 0 radical (unpaired) electrons. The predicted molar refractivity (Wildman–Crippen MR) is 45.2 cm³/mol. The highest BCUT2D eigenvalue weighted by molar-refractivity contribution is 5.79. The lowest BCUT2D eigenvalue weighted by atomic mass is 10.3. The third-order valence-electron chi connectivity index (χ3n) is 1.63. The van der Waals surface area contributed by atoms with Crippen molar-refractivity contribution < 1.29 is 0 Å². The van der Waals surface area contributed by atoms with E-state index in [1.165, 1.54) is 0 Å². The Morgan fingerprint density at radius 1 is 1.45 bits per heavy atom. The van der Waals surface area contributed by atoms with Gasteiger partial charge in [0.1, 0.15) is 5.65 Å². The number of nitrogens with one attached hydrogen (secondary N) is 1. The summed E-state index contributed by atoms with van der Waals surface area (Å²) in [5.41, 5.74) is 8.27. The Morgan fingerprint density at radius 3 is 3.09 bits per heavy atom. The zero-order valence-corrected chi connectivity index (χ0v) is 6.26. The lowest BCUT2D eigenvalue weighted by Crippen LogP contribution is -1.85. The summed E-state index contributed by atoms with van der Waals surface area (Å²) in [6.07, 6.45) is 1.65. The van der Waals surface area contributed by atoms with Gasteiger partial charge in [-0.1, -0.05) is 0 Å². The van der Waals surface area contributed by atoms with Crippen molar-refractivity contribution in [2.24, 2.45) is 0 Å². The molecule has 0 aliphatic heterocycles. The minimum absolute atomic E-state index is 0.705. The number of aryl methyl sites for hydroxylation is 1. The number of nitrogen functional groups attached to an aromatic ring is 1. The fraction of sp³-hybridized carbons (Fsp3) is 0.125. The first kappa shape index (κ1) is 6.22. The van der Waals surface area contributed by atoms with Crippen LogP contribution >= 0.6 is 0 Å². The molecule has 0 atom stereocenters. The van der Waals surface area contributed by atoms with Crippen molar-refractivity contribution in [1.82, 2.24) is 9.97 Å². The van der Waals surface area contributed by atoms with Crippen LogP contribution in [0.3, 0.4) is 0 Å². The van der Waals surface area contributed by atoms with Crippen molar-refractivity contribution in [2.45, 2.75) is 6.92 Å². The average molecular weight is 147 g/mol. The van der Waals surface area contributed by atoms with Gasteiger partial charge in [-0.3, -0.25) is 0 Å². The molecule has 3 nitrogen and oxygen atoms in total. The van der Waals surface area contributed by atoms with Gasteiger partial charge in [0.25, 0.3) is 0 Å². The highest BCUT2D eigenvalue weighted by atomic mass is 14.9. The van der Waals surface area contributed by atoms with E-state index in [1.807, 2.05) is 19.1 Å². The van der Waals surface area contributed by atoms with Crippen LogP contribution in [-0.2, 0) is 0 Å². The molecule has 2 aromatic rings. The molecule has 0 fully saturated rings. The number of rotatable bonds is 0. The molecule has 56 valence electrons. The molecule has 11 heavy (non-hydrogen) atoms. The number of nitrogens with zero attached hydrogens (tertiary/aromatic N) is 1. The molecule has 0 aliphatic rings. The molecule has 0 saturated carbocycles. The van der Waals surface area contributed by atoms with Gasteiger partial charge in [-0.2, -0.15) is 0 Å². The van der Waals surface area contributed by atoms with Gasteiger partial charge in [0.2, 0.25) is 0 Å².